The summed E-state index contributed by atoms with van der Waals surface area (Å²) < 4.78 is 0. The monoisotopic (exact) mass is 215 g/mol. The zero-order valence-electron chi connectivity index (χ0n) is 7.99. The van der Waals surface area contributed by atoms with Gasteiger partial charge in [0.05, 0.1) is 0 Å². The predicted molar refractivity (Wildman–Crippen MR) is 60.9 cm³/mol. The summed E-state index contributed by atoms with van der Waals surface area (Å²) in [6.07, 6.45) is 0. The van der Waals surface area contributed by atoms with Gasteiger partial charge in [-0.2, -0.15) is 0 Å². The molecule has 1 N–H and O–H groups in total. The van der Waals surface area contributed by atoms with Crippen LogP contribution in [0.4, 0.5) is 0 Å². The van der Waals surface area contributed by atoms with Crippen molar-refractivity contribution in [2.24, 2.45) is 0 Å². The van der Waals surface area contributed by atoms with Crippen LogP contribution in [0.5, 0.6) is 0 Å². The number of hydrogen-bond donors (Lipinski definition) is 1. The van der Waals surface area contributed by atoms with Crippen LogP contribution in [-0.4, -0.2) is 5.91 Å². The van der Waals surface area contributed by atoms with E-state index < -0.39 is 0 Å². The van der Waals surface area contributed by atoms with Gasteiger partial charge in [0.1, 0.15) is 0 Å². The Morgan fingerprint density at radius 2 is 2.20 bits per heavy atom. The number of fused-ring (bicyclic) bond motifs is 1. The maximum absolute atomic E-state index is 11.4. The van der Waals surface area contributed by atoms with Crippen LogP contribution >= 0.6 is 11.3 Å². The van der Waals surface area contributed by atoms with Crippen molar-refractivity contribution in [3.05, 3.63) is 46.8 Å². The number of amides is 1. The second kappa shape index (κ2) is 3.21. The van der Waals surface area contributed by atoms with Gasteiger partial charge in [0.25, 0.3) is 5.91 Å². The molecule has 1 aromatic heterocycles. The Kier molecular flexibility index (Phi) is 1.86. The SMILES string of the molecule is O=C1NCc2cc(-c3cccs3)ccc21. The molecule has 2 aromatic rings. The second-order valence-corrected chi connectivity index (χ2v) is 4.48. The van der Waals surface area contributed by atoms with E-state index in [4.69, 9.17) is 0 Å². The minimum atomic E-state index is 0.0442. The molecule has 0 radical (unpaired) electrons. The van der Waals surface area contributed by atoms with E-state index in [0.717, 1.165) is 11.1 Å². The van der Waals surface area contributed by atoms with Crippen molar-refractivity contribution in [1.29, 1.82) is 0 Å². The molecule has 1 aliphatic heterocycles. The van der Waals surface area contributed by atoms with E-state index in [-0.39, 0.29) is 5.91 Å². The first-order valence-corrected chi connectivity index (χ1v) is 5.67. The van der Waals surface area contributed by atoms with E-state index >= 15 is 0 Å². The van der Waals surface area contributed by atoms with Gasteiger partial charge in [0, 0.05) is 17.0 Å². The number of rotatable bonds is 1. The summed E-state index contributed by atoms with van der Waals surface area (Å²) in [6, 6.07) is 10.1. The third-order valence-corrected chi connectivity index (χ3v) is 3.51. The third kappa shape index (κ3) is 1.36. The molecule has 1 aliphatic rings. The van der Waals surface area contributed by atoms with Gasteiger partial charge in [-0.1, -0.05) is 12.1 Å². The molecular weight excluding hydrogens is 206 g/mol. The Bertz CT molecular complexity index is 516. The molecule has 0 atom stereocenters. The van der Waals surface area contributed by atoms with Crippen molar-refractivity contribution >= 4 is 17.2 Å². The van der Waals surface area contributed by atoms with Crippen molar-refractivity contribution in [1.82, 2.24) is 5.32 Å². The molecule has 15 heavy (non-hydrogen) atoms. The molecule has 0 fully saturated rings. The first-order chi connectivity index (χ1) is 7.34. The maximum Gasteiger partial charge on any atom is 0.251 e. The van der Waals surface area contributed by atoms with Gasteiger partial charge in [0.2, 0.25) is 0 Å². The Balaban J connectivity index is 2.11. The van der Waals surface area contributed by atoms with E-state index in [1.54, 1.807) is 11.3 Å². The smallest absolute Gasteiger partial charge is 0.251 e. The fourth-order valence-corrected chi connectivity index (χ4v) is 2.55. The highest BCUT2D eigenvalue weighted by molar-refractivity contribution is 7.13. The van der Waals surface area contributed by atoms with Crippen molar-refractivity contribution in [2.75, 3.05) is 0 Å². The fraction of sp³-hybridized carbons (Fsp3) is 0.0833. The number of benzene rings is 1. The average Bonchev–Trinajstić information content (AvgIpc) is 2.88. The van der Waals surface area contributed by atoms with Crippen LogP contribution < -0.4 is 5.32 Å². The molecule has 2 heterocycles. The van der Waals surface area contributed by atoms with Crippen LogP contribution in [-0.2, 0) is 6.54 Å². The summed E-state index contributed by atoms with van der Waals surface area (Å²) >= 11 is 1.72. The minimum Gasteiger partial charge on any atom is -0.348 e. The number of carbonyl (C=O) groups excluding carboxylic acids is 1. The molecule has 0 bridgehead atoms. The first-order valence-electron chi connectivity index (χ1n) is 4.79. The van der Waals surface area contributed by atoms with Crippen molar-refractivity contribution in [2.45, 2.75) is 6.54 Å². The van der Waals surface area contributed by atoms with Crippen molar-refractivity contribution in [3.63, 3.8) is 0 Å². The summed E-state index contributed by atoms with van der Waals surface area (Å²) in [6.45, 7) is 0.660. The van der Waals surface area contributed by atoms with E-state index in [9.17, 15) is 4.79 Å². The van der Waals surface area contributed by atoms with Gasteiger partial charge in [-0.15, -0.1) is 11.3 Å². The molecule has 3 heteroatoms. The molecule has 0 spiro atoms. The lowest BCUT2D eigenvalue weighted by molar-refractivity contribution is 0.0966. The molecule has 1 aromatic carbocycles. The normalized spacial score (nSPS) is 13.7. The summed E-state index contributed by atoms with van der Waals surface area (Å²) in [4.78, 5) is 12.6. The lowest BCUT2D eigenvalue weighted by atomic mass is 10.1. The summed E-state index contributed by atoms with van der Waals surface area (Å²) in [7, 11) is 0. The summed E-state index contributed by atoms with van der Waals surface area (Å²) in [5.74, 6) is 0.0442. The third-order valence-electron chi connectivity index (χ3n) is 2.59. The van der Waals surface area contributed by atoms with Crippen molar-refractivity contribution in [3.8, 4) is 10.4 Å². The Morgan fingerprint density at radius 3 is 3.00 bits per heavy atom. The molecule has 0 aliphatic carbocycles. The van der Waals surface area contributed by atoms with Gasteiger partial charge in [-0.25, -0.2) is 0 Å². The van der Waals surface area contributed by atoms with E-state index in [1.807, 2.05) is 18.2 Å². The topological polar surface area (TPSA) is 29.1 Å². The van der Waals surface area contributed by atoms with Gasteiger partial charge >= 0.3 is 0 Å². The minimum absolute atomic E-state index is 0.0442. The molecule has 2 nitrogen and oxygen atoms in total. The largest absolute Gasteiger partial charge is 0.348 e. The number of carbonyl (C=O) groups is 1. The molecule has 1 amide bonds. The highest BCUT2D eigenvalue weighted by Crippen LogP contribution is 2.28. The molecule has 0 saturated carbocycles. The van der Waals surface area contributed by atoms with Crippen LogP contribution in [0.3, 0.4) is 0 Å². The number of hydrogen-bond acceptors (Lipinski definition) is 2. The van der Waals surface area contributed by atoms with Crippen LogP contribution in [0.1, 0.15) is 15.9 Å². The van der Waals surface area contributed by atoms with Gasteiger partial charge in [-0.3, -0.25) is 4.79 Å². The maximum atomic E-state index is 11.4. The summed E-state index contributed by atoms with van der Waals surface area (Å²) in [5.41, 5.74) is 3.11. The van der Waals surface area contributed by atoms with Gasteiger partial charge in [-0.05, 0) is 34.7 Å². The van der Waals surface area contributed by atoms with Gasteiger partial charge < -0.3 is 5.32 Å². The average molecular weight is 215 g/mol. The molecule has 74 valence electrons. The highest BCUT2D eigenvalue weighted by atomic mass is 32.1. The first kappa shape index (κ1) is 8.68. The zero-order valence-corrected chi connectivity index (χ0v) is 8.80. The molecule has 0 saturated heterocycles. The predicted octanol–water partition coefficient (Wildman–Crippen LogP) is 2.66. The second-order valence-electron chi connectivity index (χ2n) is 3.53. The lowest BCUT2D eigenvalue weighted by Crippen LogP contribution is -2.12. The van der Waals surface area contributed by atoms with Crippen LogP contribution in [0, 0.1) is 0 Å². The van der Waals surface area contributed by atoms with Crippen LogP contribution in [0.2, 0.25) is 0 Å². The lowest BCUT2D eigenvalue weighted by Gasteiger charge is -2.00. The Hall–Kier alpha value is -1.61. The fourth-order valence-electron chi connectivity index (χ4n) is 1.83. The Labute approximate surface area is 91.6 Å². The van der Waals surface area contributed by atoms with E-state index in [1.165, 1.54) is 10.4 Å². The summed E-state index contributed by atoms with van der Waals surface area (Å²) in [5, 5.41) is 4.88. The zero-order chi connectivity index (χ0) is 10.3. The molecular formula is C12H9NOS. The van der Waals surface area contributed by atoms with Gasteiger partial charge in [0.15, 0.2) is 0 Å². The quantitative estimate of drug-likeness (QED) is 0.778. The van der Waals surface area contributed by atoms with E-state index in [2.05, 4.69) is 22.8 Å². The van der Waals surface area contributed by atoms with Crippen molar-refractivity contribution < 1.29 is 4.79 Å². The number of nitrogens with one attached hydrogen (secondary N) is 1. The van der Waals surface area contributed by atoms with Crippen LogP contribution in [0.25, 0.3) is 10.4 Å². The molecule has 0 unspecified atom stereocenters. The molecule has 3 rings (SSSR count). The highest BCUT2D eigenvalue weighted by Gasteiger charge is 2.18. The van der Waals surface area contributed by atoms with E-state index in [0.29, 0.717) is 6.54 Å². The standard InChI is InChI=1S/C12H9NOS/c14-12-10-4-3-8(6-9(10)7-13-12)11-2-1-5-15-11/h1-6H,7H2,(H,13,14). The van der Waals surface area contributed by atoms with Crippen LogP contribution in [0.15, 0.2) is 35.7 Å². The Morgan fingerprint density at radius 1 is 1.27 bits per heavy atom. The number of thiophene rings is 1.